The Morgan fingerprint density at radius 3 is 2.61 bits per heavy atom. The van der Waals surface area contributed by atoms with Crippen molar-refractivity contribution in [3.63, 3.8) is 0 Å². The maximum Gasteiger partial charge on any atom is 0.393 e. The molecule has 1 saturated heterocycles. The number of hydrogen-bond donors (Lipinski definition) is 1. The van der Waals surface area contributed by atoms with Gasteiger partial charge in [-0.3, -0.25) is 0 Å². The first-order chi connectivity index (χ1) is 8.39. The lowest BCUT2D eigenvalue weighted by Crippen LogP contribution is -2.41. The van der Waals surface area contributed by atoms with Gasteiger partial charge in [0.25, 0.3) is 0 Å². The van der Waals surface area contributed by atoms with E-state index >= 15 is 0 Å². The minimum Gasteiger partial charge on any atom is -0.309 e. The van der Waals surface area contributed by atoms with Gasteiger partial charge in [-0.05, 0) is 43.5 Å². The Morgan fingerprint density at radius 2 is 2.00 bits per heavy atom. The summed E-state index contributed by atoms with van der Waals surface area (Å²) in [5.74, 6) is -1.78. The van der Waals surface area contributed by atoms with Crippen molar-refractivity contribution in [1.82, 2.24) is 5.32 Å². The van der Waals surface area contributed by atoms with Gasteiger partial charge in [0.1, 0.15) is 5.82 Å². The van der Waals surface area contributed by atoms with Crippen LogP contribution in [0.15, 0.2) is 18.2 Å². The van der Waals surface area contributed by atoms with Gasteiger partial charge in [0.2, 0.25) is 0 Å². The molecule has 0 spiro atoms. The fourth-order valence-electron chi connectivity index (χ4n) is 2.45. The number of nitrogens with one attached hydrogen (secondary N) is 1. The molecular weight excluding hydrogens is 246 g/mol. The molecule has 1 aromatic rings. The summed E-state index contributed by atoms with van der Waals surface area (Å²) in [7, 11) is 0. The molecule has 1 nitrogen and oxygen atoms in total. The zero-order valence-electron chi connectivity index (χ0n) is 10.0. The van der Waals surface area contributed by atoms with Crippen molar-refractivity contribution in [2.45, 2.75) is 32.0 Å². The molecule has 2 rings (SSSR count). The lowest BCUT2D eigenvalue weighted by atomic mass is 9.85. The van der Waals surface area contributed by atoms with Gasteiger partial charge in [0.05, 0.1) is 5.92 Å². The van der Waals surface area contributed by atoms with E-state index in [1.807, 2.05) is 0 Å². The number of alkyl halides is 3. The van der Waals surface area contributed by atoms with Crippen molar-refractivity contribution < 1.29 is 17.6 Å². The van der Waals surface area contributed by atoms with E-state index in [4.69, 9.17) is 0 Å². The van der Waals surface area contributed by atoms with Gasteiger partial charge in [-0.15, -0.1) is 0 Å². The summed E-state index contributed by atoms with van der Waals surface area (Å²) in [6.45, 7) is 2.12. The third kappa shape index (κ3) is 2.66. The van der Waals surface area contributed by atoms with Crippen LogP contribution in [0.1, 0.15) is 30.0 Å². The van der Waals surface area contributed by atoms with Gasteiger partial charge in [0, 0.05) is 6.04 Å². The smallest absolute Gasteiger partial charge is 0.309 e. The molecule has 1 heterocycles. The van der Waals surface area contributed by atoms with Crippen molar-refractivity contribution >= 4 is 0 Å². The van der Waals surface area contributed by atoms with Crippen molar-refractivity contribution in [3.05, 3.63) is 35.1 Å². The molecule has 0 bridgehead atoms. The van der Waals surface area contributed by atoms with E-state index in [0.29, 0.717) is 24.1 Å². The van der Waals surface area contributed by atoms with E-state index in [9.17, 15) is 17.6 Å². The largest absolute Gasteiger partial charge is 0.393 e. The standard InChI is InChI=1S/C13H15F4N/c1-8-7-9(4-5-11(8)14)12-10(13(15,16)17)3-2-6-18-12/h4-5,7,10,12,18H,2-3,6H2,1H3. The van der Waals surface area contributed by atoms with Crippen molar-refractivity contribution in [2.75, 3.05) is 6.54 Å². The quantitative estimate of drug-likeness (QED) is 0.759. The molecule has 0 radical (unpaired) electrons. The molecule has 2 unspecified atom stereocenters. The van der Waals surface area contributed by atoms with Crippen LogP contribution < -0.4 is 5.32 Å². The number of aryl methyl sites for hydroxylation is 1. The van der Waals surface area contributed by atoms with Crippen LogP contribution >= 0.6 is 0 Å². The van der Waals surface area contributed by atoms with E-state index in [-0.39, 0.29) is 6.42 Å². The molecule has 2 atom stereocenters. The van der Waals surface area contributed by atoms with Crippen molar-refractivity contribution in [3.8, 4) is 0 Å². The first-order valence-corrected chi connectivity index (χ1v) is 5.96. The molecule has 5 heteroatoms. The SMILES string of the molecule is Cc1cc(C2NCCCC2C(F)(F)F)ccc1F. The Balaban J connectivity index is 2.31. The summed E-state index contributed by atoms with van der Waals surface area (Å²) < 4.78 is 52.0. The Labute approximate surface area is 103 Å². The highest BCUT2D eigenvalue weighted by Crippen LogP contribution is 2.41. The van der Waals surface area contributed by atoms with Crippen molar-refractivity contribution in [1.29, 1.82) is 0 Å². The molecule has 0 aliphatic carbocycles. The lowest BCUT2D eigenvalue weighted by molar-refractivity contribution is -0.189. The summed E-state index contributed by atoms with van der Waals surface area (Å²) in [5.41, 5.74) is 0.886. The van der Waals surface area contributed by atoms with Crippen molar-refractivity contribution in [2.24, 2.45) is 5.92 Å². The predicted molar refractivity (Wildman–Crippen MR) is 60.7 cm³/mol. The van der Waals surface area contributed by atoms with E-state index in [1.54, 1.807) is 6.92 Å². The third-order valence-electron chi connectivity index (χ3n) is 3.42. The minimum absolute atomic E-state index is 0.123. The summed E-state index contributed by atoms with van der Waals surface area (Å²) in [6.07, 6.45) is -3.58. The molecule has 0 aromatic heterocycles. The summed E-state index contributed by atoms with van der Waals surface area (Å²) in [4.78, 5) is 0. The molecule has 18 heavy (non-hydrogen) atoms. The maximum atomic E-state index is 13.2. The average Bonchev–Trinajstić information content (AvgIpc) is 2.32. The van der Waals surface area contributed by atoms with Gasteiger partial charge in [-0.25, -0.2) is 4.39 Å². The second-order valence-electron chi connectivity index (χ2n) is 4.73. The number of benzene rings is 1. The van der Waals surface area contributed by atoms with Crippen LogP contribution in [-0.2, 0) is 0 Å². The molecule has 1 fully saturated rings. The molecule has 0 amide bonds. The van der Waals surface area contributed by atoms with E-state index < -0.39 is 24.0 Å². The second-order valence-corrected chi connectivity index (χ2v) is 4.73. The number of piperidine rings is 1. The highest BCUT2D eigenvalue weighted by molar-refractivity contribution is 5.27. The Hall–Kier alpha value is -1.10. The van der Waals surface area contributed by atoms with E-state index in [1.165, 1.54) is 18.2 Å². The van der Waals surface area contributed by atoms with Gasteiger partial charge in [-0.2, -0.15) is 13.2 Å². The minimum atomic E-state index is -4.22. The van der Waals surface area contributed by atoms with Crippen LogP contribution in [0.25, 0.3) is 0 Å². The predicted octanol–water partition coefficient (Wildman–Crippen LogP) is 3.74. The second kappa shape index (κ2) is 4.88. The van der Waals surface area contributed by atoms with E-state index in [0.717, 1.165) is 0 Å². The fourth-order valence-corrected chi connectivity index (χ4v) is 2.45. The number of rotatable bonds is 1. The normalized spacial score (nSPS) is 25.2. The van der Waals surface area contributed by atoms with Crippen LogP contribution in [0.5, 0.6) is 0 Å². The first kappa shape index (κ1) is 13.3. The molecule has 0 saturated carbocycles. The molecule has 1 aliphatic rings. The molecular formula is C13H15F4N. The molecule has 1 aliphatic heterocycles. The van der Waals surface area contributed by atoms with Crippen LogP contribution in [-0.4, -0.2) is 12.7 Å². The zero-order chi connectivity index (χ0) is 13.3. The zero-order valence-corrected chi connectivity index (χ0v) is 10.0. The monoisotopic (exact) mass is 261 g/mol. The fraction of sp³-hybridized carbons (Fsp3) is 0.538. The topological polar surface area (TPSA) is 12.0 Å². The van der Waals surface area contributed by atoms with Gasteiger partial charge >= 0.3 is 6.18 Å². The third-order valence-corrected chi connectivity index (χ3v) is 3.42. The van der Waals surface area contributed by atoms with Crippen LogP contribution in [0, 0.1) is 18.7 Å². The highest BCUT2D eigenvalue weighted by Gasteiger charge is 2.45. The van der Waals surface area contributed by atoms with E-state index in [2.05, 4.69) is 5.32 Å². The Kier molecular flexibility index (Phi) is 3.61. The highest BCUT2D eigenvalue weighted by atomic mass is 19.4. The van der Waals surface area contributed by atoms with Gasteiger partial charge in [0.15, 0.2) is 0 Å². The van der Waals surface area contributed by atoms with Crippen LogP contribution in [0.2, 0.25) is 0 Å². The maximum absolute atomic E-state index is 13.2. The molecule has 1 N–H and O–H groups in total. The average molecular weight is 261 g/mol. The molecule has 1 aromatic carbocycles. The lowest BCUT2D eigenvalue weighted by Gasteiger charge is -2.34. The Morgan fingerprint density at radius 1 is 1.28 bits per heavy atom. The van der Waals surface area contributed by atoms with Crippen LogP contribution in [0.4, 0.5) is 17.6 Å². The molecule has 100 valence electrons. The van der Waals surface area contributed by atoms with Crippen LogP contribution in [0.3, 0.4) is 0 Å². The van der Waals surface area contributed by atoms with Gasteiger partial charge < -0.3 is 5.32 Å². The Bertz CT molecular complexity index is 427. The summed E-state index contributed by atoms with van der Waals surface area (Å²) in [5, 5.41) is 2.90. The van der Waals surface area contributed by atoms with Gasteiger partial charge in [-0.1, -0.05) is 12.1 Å². The first-order valence-electron chi connectivity index (χ1n) is 5.96. The summed E-state index contributed by atoms with van der Waals surface area (Å²) in [6, 6.07) is 3.40. The summed E-state index contributed by atoms with van der Waals surface area (Å²) >= 11 is 0. The number of halogens is 4. The number of hydrogen-bond acceptors (Lipinski definition) is 1.